The zero-order valence-corrected chi connectivity index (χ0v) is 14.0. The van der Waals surface area contributed by atoms with Gasteiger partial charge in [0.25, 0.3) is 5.91 Å². The third-order valence-corrected chi connectivity index (χ3v) is 3.86. The fraction of sp³-hybridized carbons (Fsp3) is 0.235. The number of benzene rings is 1. The third-order valence-electron chi connectivity index (χ3n) is 3.53. The van der Waals surface area contributed by atoms with Crippen LogP contribution >= 0.6 is 11.6 Å². The first-order valence-corrected chi connectivity index (χ1v) is 7.84. The van der Waals surface area contributed by atoms with E-state index in [9.17, 15) is 4.79 Å². The van der Waals surface area contributed by atoms with E-state index in [1.165, 1.54) is 12.5 Å². The Kier molecular flexibility index (Phi) is 4.66. The minimum Gasteiger partial charge on any atom is -0.472 e. The van der Waals surface area contributed by atoms with E-state index in [0.29, 0.717) is 27.9 Å². The van der Waals surface area contributed by atoms with Gasteiger partial charge < -0.3 is 13.7 Å². The molecule has 0 saturated carbocycles. The first kappa shape index (κ1) is 16.3. The van der Waals surface area contributed by atoms with Gasteiger partial charge in [-0.15, -0.1) is 10.2 Å². The molecular formula is C17H16ClN3O3. The summed E-state index contributed by atoms with van der Waals surface area (Å²) in [6.45, 7) is 4.05. The van der Waals surface area contributed by atoms with Crippen molar-refractivity contribution >= 4 is 17.5 Å². The van der Waals surface area contributed by atoms with Gasteiger partial charge in [0.2, 0.25) is 11.8 Å². The number of furan rings is 1. The second kappa shape index (κ2) is 6.88. The van der Waals surface area contributed by atoms with E-state index in [1.807, 2.05) is 26.0 Å². The summed E-state index contributed by atoms with van der Waals surface area (Å²) in [6.07, 6.45) is 2.88. The standard InChI is InChI=1S/C17H16ClN3O3/c1-11(2)21(17(22)12-7-8-23-10-12)9-15-19-20-16(24-15)13-5-3-4-6-14(13)18/h3-8,10-11H,9H2,1-2H3. The van der Waals surface area contributed by atoms with Crippen LogP contribution in [0.5, 0.6) is 0 Å². The van der Waals surface area contributed by atoms with Gasteiger partial charge in [0.15, 0.2) is 0 Å². The molecule has 3 aromatic rings. The van der Waals surface area contributed by atoms with Crippen LogP contribution in [0.25, 0.3) is 11.5 Å². The fourth-order valence-corrected chi connectivity index (χ4v) is 2.46. The molecule has 0 aliphatic rings. The van der Waals surface area contributed by atoms with Gasteiger partial charge in [-0.2, -0.15) is 0 Å². The zero-order chi connectivity index (χ0) is 17.1. The van der Waals surface area contributed by atoms with E-state index in [0.717, 1.165) is 0 Å². The van der Waals surface area contributed by atoms with Crippen molar-refractivity contribution in [3.63, 3.8) is 0 Å². The van der Waals surface area contributed by atoms with Crippen molar-refractivity contribution in [1.29, 1.82) is 0 Å². The molecule has 7 heteroatoms. The Morgan fingerprint density at radius 1 is 1.25 bits per heavy atom. The van der Waals surface area contributed by atoms with Crippen LogP contribution in [0.3, 0.4) is 0 Å². The zero-order valence-electron chi connectivity index (χ0n) is 13.3. The highest BCUT2D eigenvalue weighted by Gasteiger charge is 2.23. The Morgan fingerprint density at radius 3 is 2.71 bits per heavy atom. The molecule has 0 aliphatic carbocycles. The number of hydrogen-bond acceptors (Lipinski definition) is 5. The number of hydrogen-bond donors (Lipinski definition) is 0. The minimum absolute atomic E-state index is 0.0388. The average molecular weight is 346 g/mol. The summed E-state index contributed by atoms with van der Waals surface area (Å²) in [5.41, 5.74) is 1.14. The topological polar surface area (TPSA) is 72.4 Å². The molecule has 0 bridgehead atoms. The number of aromatic nitrogens is 2. The predicted molar refractivity (Wildman–Crippen MR) is 88.5 cm³/mol. The number of halogens is 1. The number of amides is 1. The quantitative estimate of drug-likeness (QED) is 0.698. The SMILES string of the molecule is CC(C)N(Cc1nnc(-c2ccccc2Cl)o1)C(=O)c1ccoc1. The van der Waals surface area contributed by atoms with E-state index >= 15 is 0 Å². The summed E-state index contributed by atoms with van der Waals surface area (Å²) in [5, 5.41) is 8.58. The summed E-state index contributed by atoms with van der Waals surface area (Å²) < 4.78 is 10.7. The lowest BCUT2D eigenvalue weighted by Gasteiger charge is -2.24. The number of carbonyl (C=O) groups is 1. The van der Waals surface area contributed by atoms with Crippen molar-refractivity contribution in [2.45, 2.75) is 26.4 Å². The molecule has 6 nitrogen and oxygen atoms in total. The van der Waals surface area contributed by atoms with Crippen LogP contribution in [0, 0.1) is 0 Å². The van der Waals surface area contributed by atoms with Gasteiger partial charge in [-0.1, -0.05) is 23.7 Å². The highest BCUT2D eigenvalue weighted by Crippen LogP contribution is 2.26. The van der Waals surface area contributed by atoms with Gasteiger partial charge in [-0.25, -0.2) is 0 Å². The molecule has 0 fully saturated rings. The Bertz CT molecular complexity index is 827. The normalized spacial score (nSPS) is 11.0. The van der Waals surface area contributed by atoms with Crippen LogP contribution in [0.1, 0.15) is 30.1 Å². The summed E-state index contributed by atoms with van der Waals surface area (Å²) >= 11 is 6.14. The monoisotopic (exact) mass is 345 g/mol. The molecule has 0 unspecified atom stereocenters. The van der Waals surface area contributed by atoms with Gasteiger partial charge in [0, 0.05) is 6.04 Å². The molecule has 24 heavy (non-hydrogen) atoms. The van der Waals surface area contributed by atoms with Crippen LogP contribution in [-0.2, 0) is 6.54 Å². The van der Waals surface area contributed by atoms with Gasteiger partial charge in [-0.05, 0) is 32.0 Å². The van der Waals surface area contributed by atoms with Crippen LogP contribution in [0.2, 0.25) is 5.02 Å². The molecule has 2 heterocycles. The van der Waals surface area contributed by atoms with E-state index in [-0.39, 0.29) is 18.5 Å². The predicted octanol–water partition coefficient (Wildman–Crippen LogP) is 4.03. The molecule has 0 N–H and O–H groups in total. The van der Waals surface area contributed by atoms with Crippen LogP contribution in [0.4, 0.5) is 0 Å². The molecule has 2 aromatic heterocycles. The average Bonchev–Trinajstić information content (AvgIpc) is 3.24. The van der Waals surface area contributed by atoms with E-state index in [1.54, 1.807) is 23.1 Å². The Labute approximate surface area is 144 Å². The van der Waals surface area contributed by atoms with Gasteiger partial charge in [0.05, 0.1) is 29.0 Å². The molecule has 124 valence electrons. The van der Waals surface area contributed by atoms with Gasteiger partial charge in [0.1, 0.15) is 6.26 Å². The molecule has 3 rings (SSSR count). The maximum absolute atomic E-state index is 12.5. The van der Waals surface area contributed by atoms with Crippen molar-refractivity contribution in [1.82, 2.24) is 15.1 Å². The first-order valence-electron chi connectivity index (χ1n) is 7.46. The lowest BCUT2D eigenvalue weighted by atomic mass is 10.2. The second-order valence-electron chi connectivity index (χ2n) is 5.52. The second-order valence-corrected chi connectivity index (χ2v) is 5.93. The van der Waals surface area contributed by atoms with Gasteiger partial charge >= 0.3 is 0 Å². The smallest absolute Gasteiger partial charge is 0.257 e. The highest BCUT2D eigenvalue weighted by atomic mass is 35.5. The Morgan fingerprint density at radius 2 is 2.04 bits per heavy atom. The maximum Gasteiger partial charge on any atom is 0.257 e. The third kappa shape index (κ3) is 3.33. The summed E-state index contributed by atoms with van der Waals surface area (Å²) in [5.74, 6) is 0.516. The molecule has 1 aromatic carbocycles. The fourth-order valence-electron chi connectivity index (χ4n) is 2.25. The van der Waals surface area contributed by atoms with E-state index in [4.69, 9.17) is 20.4 Å². The minimum atomic E-state index is -0.156. The van der Waals surface area contributed by atoms with Crippen LogP contribution < -0.4 is 0 Å². The number of nitrogens with zero attached hydrogens (tertiary/aromatic N) is 3. The van der Waals surface area contributed by atoms with Gasteiger partial charge in [-0.3, -0.25) is 4.79 Å². The molecule has 0 radical (unpaired) electrons. The van der Waals surface area contributed by atoms with Crippen molar-refractivity contribution in [3.8, 4) is 11.5 Å². The maximum atomic E-state index is 12.5. The van der Waals surface area contributed by atoms with Crippen LogP contribution in [0.15, 0.2) is 51.7 Å². The van der Waals surface area contributed by atoms with Crippen molar-refractivity contribution in [3.05, 3.63) is 59.3 Å². The molecule has 0 spiro atoms. The molecule has 0 atom stereocenters. The number of rotatable bonds is 5. The Balaban J connectivity index is 1.82. The lowest BCUT2D eigenvalue weighted by molar-refractivity contribution is 0.0671. The number of carbonyl (C=O) groups excluding carboxylic acids is 1. The van der Waals surface area contributed by atoms with Crippen molar-refractivity contribution in [2.75, 3.05) is 0 Å². The van der Waals surface area contributed by atoms with Crippen molar-refractivity contribution < 1.29 is 13.6 Å². The summed E-state index contributed by atoms with van der Waals surface area (Å²) in [7, 11) is 0. The van der Waals surface area contributed by atoms with Crippen LogP contribution in [-0.4, -0.2) is 27.0 Å². The molecule has 1 amide bonds. The summed E-state index contributed by atoms with van der Waals surface area (Å²) in [4.78, 5) is 14.2. The lowest BCUT2D eigenvalue weighted by Crippen LogP contribution is -2.36. The Hall–Kier alpha value is -2.60. The highest BCUT2D eigenvalue weighted by molar-refractivity contribution is 6.33. The molecule has 0 aliphatic heterocycles. The van der Waals surface area contributed by atoms with Crippen molar-refractivity contribution in [2.24, 2.45) is 0 Å². The molecular weight excluding hydrogens is 330 g/mol. The van der Waals surface area contributed by atoms with E-state index < -0.39 is 0 Å². The molecule has 0 saturated heterocycles. The summed E-state index contributed by atoms with van der Waals surface area (Å²) in [6, 6.07) is 8.81. The van der Waals surface area contributed by atoms with E-state index in [2.05, 4.69) is 10.2 Å². The largest absolute Gasteiger partial charge is 0.472 e. The first-order chi connectivity index (χ1) is 11.6.